The number of rotatable bonds is 6. The number of halogens is 2. The number of nitrogens with one attached hydrogen (secondary N) is 1. The molecule has 0 aliphatic carbocycles. The molecule has 0 saturated carbocycles. The number of hydrogen-bond donors (Lipinski definition) is 1. The average molecular weight is 341 g/mol. The highest BCUT2D eigenvalue weighted by Gasteiger charge is 2.10. The lowest BCUT2D eigenvalue weighted by molar-refractivity contribution is 0.296. The molecule has 0 amide bonds. The van der Waals surface area contributed by atoms with Gasteiger partial charge >= 0.3 is 0 Å². The van der Waals surface area contributed by atoms with Crippen molar-refractivity contribution in [3.05, 3.63) is 45.6 Å². The van der Waals surface area contributed by atoms with E-state index in [2.05, 4.69) is 27.2 Å². The Bertz CT molecular complexity index is 651. The fourth-order valence-corrected chi connectivity index (χ4v) is 2.49. The van der Waals surface area contributed by atoms with E-state index in [1.165, 1.54) is 6.20 Å². The van der Waals surface area contributed by atoms with Gasteiger partial charge in [0.1, 0.15) is 17.5 Å². The van der Waals surface area contributed by atoms with E-state index in [0.29, 0.717) is 29.1 Å². The minimum absolute atomic E-state index is 0.137. The van der Waals surface area contributed by atoms with Crippen LogP contribution in [0, 0.1) is 13.8 Å². The highest BCUT2D eigenvalue weighted by molar-refractivity contribution is 6.35. The minimum atomic E-state index is 0.137. The third-order valence-corrected chi connectivity index (χ3v) is 3.65. The molecule has 0 bridgehead atoms. The molecule has 1 N–H and O–H groups in total. The van der Waals surface area contributed by atoms with Crippen molar-refractivity contribution in [2.24, 2.45) is 0 Å². The van der Waals surface area contributed by atoms with Crippen LogP contribution < -0.4 is 10.1 Å². The van der Waals surface area contributed by atoms with Crippen LogP contribution >= 0.6 is 23.2 Å². The lowest BCUT2D eigenvalue weighted by Gasteiger charge is -2.16. The molecule has 2 heterocycles. The summed E-state index contributed by atoms with van der Waals surface area (Å²) in [5.74, 6) is 1.16. The van der Waals surface area contributed by atoms with Gasteiger partial charge in [0.15, 0.2) is 0 Å². The predicted octanol–water partition coefficient (Wildman–Crippen LogP) is 3.52. The molecule has 0 aromatic carbocycles. The molecule has 2 aromatic heterocycles. The number of pyridine rings is 1. The molecule has 0 fully saturated rings. The van der Waals surface area contributed by atoms with Gasteiger partial charge < -0.3 is 10.1 Å². The quantitative estimate of drug-likeness (QED) is 0.815. The number of nitrogens with zero attached hydrogens (tertiary/aromatic N) is 3. The summed E-state index contributed by atoms with van der Waals surface area (Å²) < 4.78 is 5.53. The molecule has 5 nitrogen and oxygen atoms in total. The van der Waals surface area contributed by atoms with Gasteiger partial charge in [0, 0.05) is 36.2 Å². The molecular weight excluding hydrogens is 323 g/mol. The summed E-state index contributed by atoms with van der Waals surface area (Å²) in [5, 5.41) is 4.25. The topological polar surface area (TPSA) is 59.9 Å². The third-order valence-electron chi connectivity index (χ3n) is 3.17. The molecule has 1 unspecified atom stereocenters. The maximum absolute atomic E-state index is 5.99. The van der Waals surface area contributed by atoms with Gasteiger partial charge in [0.25, 0.3) is 0 Å². The van der Waals surface area contributed by atoms with Gasteiger partial charge in [-0.3, -0.25) is 0 Å². The molecule has 7 heteroatoms. The summed E-state index contributed by atoms with van der Waals surface area (Å²) in [6, 6.07) is 1.74. The van der Waals surface area contributed by atoms with Crippen LogP contribution in [0.1, 0.15) is 30.0 Å². The zero-order valence-corrected chi connectivity index (χ0v) is 14.2. The van der Waals surface area contributed by atoms with Crippen LogP contribution in [0.5, 0.6) is 5.88 Å². The number of hydrogen-bond acceptors (Lipinski definition) is 5. The molecule has 118 valence electrons. The second kappa shape index (κ2) is 7.72. The van der Waals surface area contributed by atoms with E-state index >= 15 is 0 Å². The van der Waals surface area contributed by atoms with E-state index in [1.807, 2.05) is 20.0 Å². The van der Waals surface area contributed by atoms with Crippen LogP contribution in [0.15, 0.2) is 18.5 Å². The monoisotopic (exact) mass is 340 g/mol. The summed E-state index contributed by atoms with van der Waals surface area (Å²) in [4.78, 5) is 12.6. The van der Waals surface area contributed by atoms with Gasteiger partial charge in [0.05, 0.1) is 5.02 Å². The average Bonchev–Trinajstić information content (AvgIpc) is 2.45. The van der Waals surface area contributed by atoms with Crippen LogP contribution in [0.25, 0.3) is 0 Å². The molecule has 2 aromatic rings. The smallest absolute Gasteiger partial charge is 0.232 e. The minimum Gasteiger partial charge on any atom is -0.475 e. The maximum Gasteiger partial charge on any atom is 0.232 e. The van der Waals surface area contributed by atoms with Gasteiger partial charge in [-0.15, -0.1) is 0 Å². The maximum atomic E-state index is 5.99. The highest BCUT2D eigenvalue weighted by atomic mass is 35.5. The summed E-state index contributed by atoms with van der Waals surface area (Å²) in [6.45, 7) is 7.02. The van der Waals surface area contributed by atoms with Crippen molar-refractivity contribution in [2.45, 2.75) is 26.8 Å². The second-order valence-electron chi connectivity index (χ2n) is 4.92. The fraction of sp³-hybridized carbons (Fsp3) is 0.400. The van der Waals surface area contributed by atoms with Gasteiger partial charge in [-0.25, -0.2) is 15.0 Å². The Labute approximate surface area is 140 Å². The van der Waals surface area contributed by atoms with E-state index in [9.17, 15) is 0 Å². The number of aryl methyl sites for hydroxylation is 2. The van der Waals surface area contributed by atoms with Crippen LogP contribution in [-0.2, 0) is 0 Å². The lowest BCUT2D eigenvalue weighted by atomic mass is 10.1. The van der Waals surface area contributed by atoms with Crippen molar-refractivity contribution in [1.82, 2.24) is 20.3 Å². The summed E-state index contributed by atoms with van der Waals surface area (Å²) in [5.41, 5.74) is 2.06. The van der Waals surface area contributed by atoms with Crippen molar-refractivity contribution < 1.29 is 4.74 Å². The molecule has 0 saturated heterocycles. The highest BCUT2D eigenvalue weighted by Crippen LogP contribution is 2.24. The first-order valence-corrected chi connectivity index (χ1v) is 7.70. The Morgan fingerprint density at radius 1 is 1.23 bits per heavy atom. The van der Waals surface area contributed by atoms with E-state index in [-0.39, 0.29) is 6.04 Å². The van der Waals surface area contributed by atoms with Gasteiger partial charge in [-0.1, -0.05) is 23.2 Å². The van der Waals surface area contributed by atoms with E-state index < -0.39 is 0 Å². The first kappa shape index (κ1) is 16.9. The van der Waals surface area contributed by atoms with E-state index in [4.69, 9.17) is 27.9 Å². The molecule has 2 rings (SSSR count). The molecule has 0 aliphatic rings. The Balaban J connectivity index is 1.83. The molecule has 0 radical (unpaired) electrons. The van der Waals surface area contributed by atoms with E-state index in [0.717, 1.165) is 17.1 Å². The van der Waals surface area contributed by atoms with Gasteiger partial charge in [-0.2, -0.15) is 0 Å². The number of aromatic nitrogens is 3. The van der Waals surface area contributed by atoms with Crippen LogP contribution in [-0.4, -0.2) is 28.1 Å². The molecule has 0 spiro atoms. The van der Waals surface area contributed by atoms with Crippen molar-refractivity contribution in [3.8, 4) is 5.88 Å². The number of ether oxygens (including phenoxy) is 1. The predicted molar refractivity (Wildman–Crippen MR) is 87.7 cm³/mol. The summed E-state index contributed by atoms with van der Waals surface area (Å²) >= 11 is 11.8. The van der Waals surface area contributed by atoms with Gasteiger partial charge in [-0.05, 0) is 26.8 Å². The first-order valence-electron chi connectivity index (χ1n) is 6.94. The van der Waals surface area contributed by atoms with E-state index in [1.54, 1.807) is 6.07 Å². The SMILES string of the molecule is Cc1ncc(C(C)NCCOc2ncc(Cl)cc2Cl)c(C)n1. The first-order chi connectivity index (χ1) is 10.5. The Morgan fingerprint density at radius 3 is 2.68 bits per heavy atom. The van der Waals surface area contributed by atoms with Crippen molar-refractivity contribution in [2.75, 3.05) is 13.2 Å². The van der Waals surface area contributed by atoms with Crippen LogP contribution in [0.3, 0.4) is 0 Å². The summed E-state index contributed by atoms with van der Waals surface area (Å²) in [6.07, 6.45) is 3.36. The van der Waals surface area contributed by atoms with Crippen molar-refractivity contribution >= 4 is 23.2 Å². The Hall–Kier alpha value is -1.43. The fourth-order valence-electron chi connectivity index (χ4n) is 2.06. The zero-order valence-electron chi connectivity index (χ0n) is 12.7. The second-order valence-corrected chi connectivity index (χ2v) is 5.77. The summed E-state index contributed by atoms with van der Waals surface area (Å²) in [7, 11) is 0. The standard InChI is InChI=1S/C15H18Cl2N4O/c1-9(13-8-19-11(3)21-10(13)2)18-4-5-22-15-14(17)6-12(16)7-20-15/h6-9,18H,4-5H2,1-3H3. The molecule has 1 atom stereocenters. The largest absolute Gasteiger partial charge is 0.475 e. The van der Waals surface area contributed by atoms with Crippen LogP contribution in [0.2, 0.25) is 10.0 Å². The van der Waals surface area contributed by atoms with Crippen molar-refractivity contribution in [3.63, 3.8) is 0 Å². The normalized spacial score (nSPS) is 12.2. The van der Waals surface area contributed by atoms with Crippen molar-refractivity contribution in [1.29, 1.82) is 0 Å². The molecular formula is C15H18Cl2N4O. The Kier molecular flexibility index (Phi) is 5.94. The third kappa shape index (κ3) is 4.53. The molecule has 0 aliphatic heterocycles. The Morgan fingerprint density at radius 2 is 2.00 bits per heavy atom. The molecule has 22 heavy (non-hydrogen) atoms. The van der Waals surface area contributed by atoms with Crippen LogP contribution in [0.4, 0.5) is 0 Å². The lowest BCUT2D eigenvalue weighted by Crippen LogP contribution is -2.25. The zero-order chi connectivity index (χ0) is 16.1. The van der Waals surface area contributed by atoms with Gasteiger partial charge in [0.2, 0.25) is 5.88 Å².